The van der Waals surface area contributed by atoms with Gasteiger partial charge < -0.3 is 26.8 Å². The number of nitrogens with one attached hydrogen (secondary N) is 4. The summed E-state index contributed by atoms with van der Waals surface area (Å²) in [5, 5.41) is 21.1. The van der Waals surface area contributed by atoms with Crippen LogP contribution in [-0.4, -0.2) is 58.7 Å². The van der Waals surface area contributed by atoms with Gasteiger partial charge >= 0.3 is 12.0 Å². The van der Waals surface area contributed by atoms with E-state index in [4.69, 9.17) is 16.4 Å². The predicted molar refractivity (Wildman–Crippen MR) is 137 cm³/mol. The molecule has 1 aromatic rings. The van der Waals surface area contributed by atoms with Crippen LogP contribution in [0.4, 0.5) is 10.5 Å². The number of hydrogen-bond donors (Lipinski definition) is 4. The summed E-state index contributed by atoms with van der Waals surface area (Å²) in [5.41, 5.74) is 16.7. The highest BCUT2D eigenvalue weighted by atomic mass is 32.2. The number of urea groups is 1. The number of carboxylic acids is 1. The minimum absolute atomic E-state index is 0.0640. The molecule has 2 aliphatic heterocycles. The number of carboxylic acid groups (broad SMARTS) is 1. The number of thioether (sulfide) groups is 1. The van der Waals surface area contributed by atoms with Crippen molar-refractivity contribution in [3.8, 4) is 0 Å². The zero-order valence-corrected chi connectivity index (χ0v) is 20.7. The van der Waals surface area contributed by atoms with Crippen molar-refractivity contribution in [1.29, 1.82) is 0 Å². The van der Waals surface area contributed by atoms with Gasteiger partial charge in [0.15, 0.2) is 0 Å². The summed E-state index contributed by atoms with van der Waals surface area (Å²) in [5.74, 6) is 0.0427. The van der Waals surface area contributed by atoms with Gasteiger partial charge in [-0.3, -0.25) is 9.59 Å². The van der Waals surface area contributed by atoms with E-state index in [2.05, 4.69) is 32.9 Å². The highest BCUT2D eigenvalue weighted by Gasteiger charge is 2.42. The monoisotopic (exact) mass is 504 g/mol. The molecule has 0 spiro atoms. The summed E-state index contributed by atoms with van der Waals surface area (Å²) in [4.78, 5) is 36.1. The van der Waals surface area contributed by atoms with Gasteiger partial charge in [0, 0.05) is 39.6 Å². The molecule has 3 rings (SSSR count). The van der Waals surface area contributed by atoms with Gasteiger partial charge in [-0.25, -0.2) is 4.79 Å². The Morgan fingerprint density at radius 1 is 1.29 bits per heavy atom. The number of benzene rings is 1. The highest BCUT2D eigenvalue weighted by molar-refractivity contribution is 8.00. The van der Waals surface area contributed by atoms with Gasteiger partial charge in [0.25, 0.3) is 5.91 Å². The third-order valence-corrected chi connectivity index (χ3v) is 7.35. The molecule has 4 atom stereocenters. The van der Waals surface area contributed by atoms with Crippen molar-refractivity contribution in [1.82, 2.24) is 16.0 Å². The van der Waals surface area contributed by atoms with Crippen LogP contribution in [0.3, 0.4) is 0 Å². The molecule has 12 heteroatoms. The Hall–Kier alpha value is -2.95. The fourth-order valence-corrected chi connectivity index (χ4v) is 5.48. The molecule has 5 N–H and O–H groups in total. The standard InChI is InChI=1S/C13H18N5O.C10H16N2O3S/c1-2-3-4-12(9-14)16-13(19)10-5-7-11(8-6-10)17-18-15;13-8(14)4-2-1-3-7-9-6(5-16-7)11-10(15)12-9/h5-8,12,14H,2-4,9H2,1H3,(H,16,19);6-7,9H,1-5H2,(H,13,14)(H2,11,12,15)/q-1;/t;6-,7-,9-/m.0/s1. The Balaban J connectivity index is 0.000000250. The zero-order chi connectivity index (χ0) is 25.6. The van der Waals surface area contributed by atoms with Gasteiger partial charge in [0.05, 0.1) is 12.1 Å². The first-order valence-electron chi connectivity index (χ1n) is 11.9. The Morgan fingerprint density at radius 3 is 2.66 bits per heavy atom. The van der Waals surface area contributed by atoms with Gasteiger partial charge in [-0.2, -0.15) is 11.8 Å². The van der Waals surface area contributed by atoms with Crippen molar-refractivity contribution in [3.05, 3.63) is 46.0 Å². The Morgan fingerprint density at radius 2 is 2.03 bits per heavy atom. The molecule has 0 bridgehead atoms. The first kappa shape index (κ1) is 28.3. The van der Waals surface area contributed by atoms with Crippen LogP contribution in [0.1, 0.15) is 62.2 Å². The van der Waals surface area contributed by atoms with E-state index >= 15 is 0 Å². The first-order valence-corrected chi connectivity index (χ1v) is 12.9. The molecule has 0 saturated carbocycles. The second-order valence-corrected chi connectivity index (χ2v) is 9.79. The van der Waals surface area contributed by atoms with Crippen LogP contribution in [0, 0.1) is 0 Å². The van der Waals surface area contributed by atoms with Crippen LogP contribution < -0.4 is 16.0 Å². The van der Waals surface area contributed by atoms with Crippen LogP contribution in [0.2, 0.25) is 0 Å². The first-order chi connectivity index (χ1) is 16.9. The van der Waals surface area contributed by atoms with E-state index in [1.807, 2.05) is 11.8 Å². The number of unbranched alkanes of at least 4 members (excludes halogenated alkanes) is 2. The normalized spacial score (nSPS) is 20.9. The summed E-state index contributed by atoms with van der Waals surface area (Å²) < 4.78 is 0. The van der Waals surface area contributed by atoms with Crippen LogP contribution in [-0.2, 0) is 4.79 Å². The average molecular weight is 505 g/mol. The second kappa shape index (κ2) is 15.1. The van der Waals surface area contributed by atoms with Crippen molar-refractivity contribution >= 4 is 35.4 Å². The lowest BCUT2D eigenvalue weighted by Crippen LogP contribution is -2.36. The molecular weight excluding hydrogens is 470 g/mol. The van der Waals surface area contributed by atoms with Gasteiger partial charge in [0.2, 0.25) is 0 Å². The van der Waals surface area contributed by atoms with Crippen LogP contribution in [0.25, 0.3) is 16.2 Å². The molecule has 2 fully saturated rings. The minimum atomic E-state index is -0.729. The number of nitrogens with zero attached hydrogens (tertiary/aromatic N) is 3. The van der Waals surface area contributed by atoms with Crippen molar-refractivity contribution in [2.45, 2.75) is 75.2 Å². The van der Waals surface area contributed by atoms with Gasteiger partial charge in [-0.1, -0.05) is 43.4 Å². The van der Waals surface area contributed by atoms with E-state index in [1.165, 1.54) is 0 Å². The number of fused-ring (bicyclic) bond motifs is 1. The number of rotatable bonds is 12. The molecule has 2 aliphatic rings. The SMILES string of the molecule is CCCCC(C[NH-])NC(=O)c1ccc(N=[N+]=[N-])cc1.O=C(O)CCCC[C@@H]1SC[C@@H]2NC(=O)N[C@@H]21. The van der Waals surface area contributed by atoms with Crippen molar-refractivity contribution in [2.75, 3.05) is 12.3 Å². The lowest BCUT2D eigenvalue weighted by atomic mass is 10.0. The number of aliphatic carboxylic acids is 1. The molecule has 35 heavy (non-hydrogen) atoms. The zero-order valence-electron chi connectivity index (χ0n) is 19.9. The van der Waals surface area contributed by atoms with Gasteiger partial charge in [-0.15, -0.1) is 6.54 Å². The van der Waals surface area contributed by atoms with Crippen LogP contribution >= 0.6 is 11.8 Å². The van der Waals surface area contributed by atoms with Crippen molar-refractivity contribution in [2.24, 2.45) is 5.11 Å². The number of carbonyl (C=O) groups is 3. The third-order valence-electron chi connectivity index (χ3n) is 5.84. The summed E-state index contributed by atoms with van der Waals surface area (Å²) in [6, 6.07) is 6.74. The molecule has 1 unspecified atom stereocenters. The van der Waals surface area contributed by atoms with Crippen LogP contribution in [0.5, 0.6) is 0 Å². The van der Waals surface area contributed by atoms with Gasteiger partial charge in [-0.05, 0) is 36.9 Å². The number of azide groups is 1. The molecular formula is C23H34N7O4S-. The van der Waals surface area contributed by atoms with Gasteiger partial charge in [0.1, 0.15) is 0 Å². The summed E-state index contributed by atoms with van der Waals surface area (Å²) in [6.45, 7) is 2.26. The summed E-state index contributed by atoms with van der Waals surface area (Å²) in [6.07, 6.45) is 5.75. The Bertz CT molecular complexity index is 892. The summed E-state index contributed by atoms with van der Waals surface area (Å²) >= 11 is 1.87. The molecule has 0 aliphatic carbocycles. The molecule has 2 saturated heterocycles. The number of carbonyl (C=O) groups excluding carboxylic acids is 2. The fourth-order valence-electron chi connectivity index (χ4n) is 3.94. The molecule has 192 valence electrons. The van der Waals surface area contributed by atoms with E-state index in [9.17, 15) is 14.4 Å². The average Bonchev–Trinajstić information content (AvgIpc) is 3.39. The van der Waals surface area contributed by atoms with E-state index in [1.54, 1.807) is 24.3 Å². The molecule has 11 nitrogen and oxygen atoms in total. The quantitative estimate of drug-likeness (QED) is 0.105. The smallest absolute Gasteiger partial charge is 0.315 e. The molecule has 0 aromatic heterocycles. The molecule has 2 heterocycles. The lowest BCUT2D eigenvalue weighted by molar-refractivity contribution is -0.137. The third kappa shape index (κ3) is 9.67. The Labute approximate surface area is 209 Å². The highest BCUT2D eigenvalue weighted by Crippen LogP contribution is 2.33. The molecule has 3 amide bonds. The van der Waals surface area contributed by atoms with Crippen LogP contribution in [0.15, 0.2) is 29.4 Å². The summed E-state index contributed by atoms with van der Waals surface area (Å²) in [7, 11) is 0. The topological polar surface area (TPSA) is 180 Å². The fraction of sp³-hybridized carbons (Fsp3) is 0.609. The maximum atomic E-state index is 11.9. The van der Waals surface area contributed by atoms with E-state index in [0.29, 0.717) is 16.5 Å². The number of hydrogen-bond acceptors (Lipinski definition) is 5. The second-order valence-electron chi connectivity index (χ2n) is 8.51. The van der Waals surface area contributed by atoms with Crippen molar-refractivity contribution < 1.29 is 19.5 Å². The van der Waals surface area contributed by atoms with E-state index < -0.39 is 5.97 Å². The van der Waals surface area contributed by atoms with E-state index in [-0.39, 0.29) is 43.0 Å². The maximum absolute atomic E-state index is 11.9. The predicted octanol–water partition coefficient (Wildman–Crippen LogP) is 4.77. The molecule has 0 radical (unpaired) electrons. The largest absolute Gasteiger partial charge is 0.676 e. The number of amides is 3. The minimum Gasteiger partial charge on any atom is -0.676 e. The Kier molecular flexibility index (Phi) is 12.2. The maximum Gasteiger partial charge on any atom is 0.315 e. The molecule has 1 aromatic carbocycles. The van der Waals surface area contributed by atoms with E-state index in [0.717, 1.165) is 44.3 Å². The van der Waals surface area contributed by atoms with Crippen molar-refractivity contribution in [3.63, 3.8) is 0 Å². The lowest BCUT2D eigenvalue weighted by Gasteiger charge is -2.20.